The molecule has 0 spiro atoms. The lowest BCUT2D eigenvalue weighted by atomic mass is 9.79. The van der Waals surface area contributed by atoms with Crippen molar-refractivity contribution in [3.05, 3.63) is 0 Å². The molecule has 0 saturated heterocycles. The first-order valence-corrected chi connectivity index (χ1v) is 8.66. The van der Waals surface area contributed by atoms with Gasteiger partial charge in [0, 0.05) is 18.1 Å². The van der Waals surface area contributed by atoms with Gasteiger partial charge < -0.3 is 5.32 Å². The van der Waals surface area contributed by atoms with E-state index in [1.54, 1.807) is 0 Å². The van der Waals surface area contributed by atoms with Crippen LogP contribution >= 0.6 is 0 Å². The highest BCUT2D eigenvalue weighted by Gasteiger charge is 2.34. The minimum Gasteiger partial charge on any atom is -0.313 e. The highest BCUT2D eigenvalue weighted by molar-refractivity contribution is 4.92. The Hall–Kier alpha value is -0.0800. The van der Waals surface area contributed by atoms with Crippen molar-refractivity contribution < 1.29 is 0 Å². The molecule has 0 amide bonds. The molecule has 2 nitrogen and oxygen atoms in total. The van der Waals surface area contributed by atoms with Crippen LogP contribution in [0.1, 0.15) is 73.1 Å². The molecule has 0 aromatic rings. The summed E-state index contributed by atoms with van der Waals surface area (Å²) in [5, 5.41) is 3.75. The highest BCUT2D eigenvalue weighted by atomic mass is 15.2. The molecule has 1 saturated carbocycles. The molecule has 19 heavy (non-hydrogen) atoms. The quantitative estimate of drug-likeness (QED) is 0.714. The van der Waals surface area contributed by atoms with E-state index in [1.807, 2.05) is 0 Å². The fourth-order valence-electron chi connectivity index (χ4n) is 3.88. The van der Waals surface area contributed by atoms with Crippen LogP contribution in [-0.4, -0.2) is 36.1 Å². The van der Waals surface area contributed by atoms with E-state index in [4.69, 9.17) is 0 Å². The van der Waals surface area contributed by atoms with E-state index >= 15 is 0 Å². The first-order chi connectivity index (χ1) is 9.17. The summed E-state index contributed by atoms with van der Waals surface area (Å²) in [5.74, 6) is 0.961. The molecule has 1 aliphatic rings. The molecule has 0 aromatic heterocycles. The minimum absolute atomic E-state index is 0.715. The summed E-state index contributed by atoms with van der Waals surface area (Å²) < 4.78 is 0. The molecule has 1 aliphatic carbocycles. The molecule has 2 heteroatoms. The second-order valence-corrected chi connectivity index (χ2v) is 6.29. The van der Waals surface area contributed by atoms with Gasteiger partial charge in [0.1, 0.15) is 0 Å². The largest absolute Gasteiger partial charge is 0.313 e. The van der Waals surface area contributed by atoms with Gasteiger partial charge in [-0.3, -0.25) is 4.90 Å². The molecule has 1 rings (SSSR count). The van der Waals surface area contributed by atoms with Gasteiger partial charge >= 0.3 is 0 Å². The summed E-state index contributed by atoms with van der Waals surface area (Å²) in [6.07, 6.45) is 8.24. The van der Waals surface area contributed by atoms with Gasteiger partial charge in [-0.1, -0.05) is 40.5 Å². The van der Waals surface area contributed by atoms with E-state index in [9.17, 15) is 0 Å². The Balaban J connectivity index is 2.73. The summed E-state index contributed by atoms with van der Waals surface area (Å²) in [6, 6.07) is 2.19. The molecular weight excluding hydrogens is 232 g/mol. The van der Waals surface area contributed by atoms with E-state index < -0.39 is 0 Å². The summed E-state index contributed by atoms with van der Waals surface area (Å²) in [7, 11) is 0. The molecule has 0 aromatic carbocycles. The maximum atomic E-state index is 3.75. The SMILES string of the molecule is CCCC1CCC(NCC)C(N(CC)C(C)CC)C1. The van der Waals surface area contributed by atoms with E-state index in [0.717, 1.165) is 24.5 Å². The van der Waals surface area contributed by atoms with Gasteiger partial charge in [0.05, 0.1) is 0 Å². The smallest absolute Gasteiger partial charge is 0.0254 e. The van der Waals surface area contributed by atoms with Crippen LogP contribution in [0.4, 0.5) is 0 Å². The molecule has 1 fully saturated rings. The molecule has 4 atom stereocenters. The zero-order chi connectivity index (χ0) is 14.3. The van der Waals surface area contributed by atoms with Gasteiger partial charge in [-0.25, -0.2) is 0 Å². The minimum atomic E-state index is 0.715. The number of hydrogen-bond acceptors (Lipinski definition) is 2. The highest BCUT2D eigenvalue weighted by Crippen LogP contribution is 2.32. The van der Waals surface area contributed by atoms with E-state index in [0.29, 0.717) is 6.04 Å². The summed E-state index contributed by atoms with van der Waals surface area (Å²) in [4.78, 5) is 2.76. The monoisotopic (exact) mass is 268 g/mol. The Morgan fingerprint density at radius 2 is 1.89 bits per heavy atom. The number of hydrogen-bond donors (Lipinski definition) is 1. The molecule has 4 unspecified atom stereocenters. The lowest BCUT2D eigenvalue weighted by molar-refractivity contribution is 0.0670. The van der Waals surface area contributed by atoms with Gasteiger partial charge in [0.15, 0.2) is 0 Å². The fourth-order valence-corrected chi connectivity index (χ4v) is 3.88. The van der Waals surface area contributed by atoms with Crippen molar-refractivity contribution in [2.45, 2.75) is 91.3 Å². The second kappa shape index (κ2) is 8.97. The third kappa shape index (κ3) is 4.75. The molecular formula is C17H36N2. The topological polar surface area (TPSA) is 15.3 Å². The van der Waals surface area contributed by atoms with Gasteiger partial charge in [0.25, 0.3) is 0 Å². The zero-order valence-corrected chi connectivity index (χ0v) is 13.9. The Bertz CT molecular complexity index is 229. The van der Waals surface area contributed by atoms with Gasteiger partial charge in [-0.05, 0) is 51.6 Å². The van der Waals surface area contributed by atoms with Crippen molar-refractivity contribution in [2.24, 2.45) is 5.92 Å². The van der Waals surface area contributed by atoms with Gasteiger partial charge in [-0.2, -0.15) is 0 Å². The van der Waals surface area contributed by atoms with Crippen LogP contribution in [0, 0.1) is 5.92 Å². The average molecular weight is 268 g/mol. The predicted molar refractivity (Wildman–Crippen MR) is 85.6 cm³/mol. The average Bonchev–Trinajstić information content (AvgIpc) is 2.42. The second-order valence-electron chi connectivity index (χ2n) is 6.29. The van der Waals surface area contributed by atoms with Gasteiger partial charge in [0.2, 0.25) is 0 Å². The standard InChI is InChI=1S/C17H36N2/c1-6-10-15-11-12-16(18-8-3)17(13-15)19(9-4)14(5)7-2/h14-18H,6-13H2,1-5H3. The van der Waals surface area contributed by atoms with E-state index in [-0.39, 0.29) is 0 Å². The molecule has 0 radical (unpaired) electrons. The third-order valence-corrected chi connectivity index (χ3v) is 5.04. The Kier molecular flexibility index (Phi) is 8.01. The van der Waals surface area contributed by atoms with Crippen molar-refractivity contribution in [1.82, 2.24) is 10.2 Å². The number of nitrogens with zero attached hydrogens (tertiary/aromatic N) is 1. The summed E-state index contributed by atoms with van der Waals surface area (Å²) >= 11 is 0. The molecule has 0 heterocycles. The van der Waals surface area contributed by atoms with Crippen LogP contribution in [0.15, 0.2) is 0 Å². The lowest BCUT2D eigenvalue weighted by Crippen LogP contribution is -2.55. The van der Waals surface area contributed by atoms with Crippen molar-refractivity contribution in [3.8, 4) is 0 Å². The Morgan fingerprint density at radius 1 is 1.16 bits per heavy atom. The van der Waals surface area contributed by atoms with Crippen LogP contribution in [0.5, 0.6) is 0 Å². The molecule has 1 N–H and O–H groups in total. The number of likely N-dealkylation sites (N-methyl/N-ethyl adjacent to an activating group) is 2. The van der Waals surface area contributed by atoms with Crippen LogP contribution in [0.3, 0.4) is 0 Å². The van der Waals surface area contributed by atoms with Crippen LogP contribution in [0.2, 0.25) is 0 Å². The Labute approximate surface area is 121 Å². The van der Waals surface area contributed by atoms with Crippen molar-refractivity contribution in [2.75, 3.05) is 13.1 Å². The number of nitrogens with one attached hydrogen (secondary N) is 1. The normalized spacial score (nSPS) is 29.7. The maximum Gasteiger partial charge on any atom is 0.0254 e. The zero-order valence-electron chi connectivity index (χ0n) is 13.9. The summed E-state index contributed by atoms with van der Waals surface area (Å²) in [6.45, 7) is 13.9. The van der Waals surface area contributed by atoms with E-state index in [2.05, 4.69) is 44.8 Å². The molecule has 114 valence electrons. The first-order valence-electron chi connectivity index (χ1n) is 8.66. The van der Waals surface area contributed by atoms with Crippen LogP contribution < -0.4 is 5.32 Å². The number of rotatable bonds is 8. The van der Waals surface area contributed by atoms with E-state index in [1.165, 1.54) is 45.1 Å². The van der Waals surface area contributed by atoms with Crippen molar-refractivity contribution in [3.63, 3.8) is 0 Å². The summed E-state index contributed by atoms with van der Waals surface area (Å²) in [5.41, 5.74) is 0. The fraction of sp³-hybridized carbons (Fsp3) is 1.00. The third-order valence-electron chi connectivity index (χ3n) is 5.04. The molecule has 0 aliphatic heterocycles. The maximum absolute atomic E-state index is 3.75. The van der Waals surface area contributed by atoms with Gasteiger partial charge in [-0.15, -0.1) is 0 Å². The predicted octanol–water partition coefficient (Wildman–Crippen LogP) is 4.05. The van der Waals surface area contributed by atoms with Crippen molar-refractivity contribution >= 4 is 0 Å². The van der Waals surface area contributed by atoms with Crippen molar-refractivity contribution in [1.29, 1.82) is 0 Å². The van der Waals surface area contributed by atoms with Crippen LogP contribution in [0.25, 0.3) is 0 Å². The van der Waals surface area contributed by atoms with Crippen LogP contribution in [-0.2, 0) is 0 Å². The first kappa shape index (κ1) is 17.0. The lowest BCUT2D eigenvalue weighted by Gasteiger charge is -2.45. The molecule has 0 bridgehead atoms. The Morgan fingerprint density at radius 3 is 2.42 bits per heavy atom.